The van der Waals surface area contributed by atoms with Gasteiger partial charge in [0, 0.05) is 16.7 Å². The Hall–Kier alpha value is -3.20. The SMILES string of the molecule is CC1(C)CC(=O)N(c2c(F)cc(C#Cc3ccccc3)cc2F)C(=O)N1. The van der Waals surface area contributed by atoms with Crippen molar-refractivity contribution in [2.45, 2.75) is 25.8 Å². The van der Waals surface area contributed by atoms with Crippen molar-refractivity contribution in [1.29, 1.82) is 0 Å². The number of hydrogen-bond acceptors (Lipinski definition) is 2. The average Bonchev–Trinajstić information content (AvgIpc) is 2.54. The third-order valence-electron chi connectivity index (χ3n) is 3.86. The minimum absolute atomic E-state index is 0.0623. The van der Waals surface area contributed by atoms with Crippen LogP contribution in [0.15, 0.2) is 42.5 Å². The number of nitrogens with one attached hydrogen (secondary N) is 1. The molecule has 1 saturated heterocycles. The molecule has 0 saturated carbocycles. The number of imide groups is 1. The molecule has 3 amide bonds. The number of amides is 3. The van der Waals surface area contributed by atoms with E-state index in [-0.39, 0.29) is 12.0 Å². The van der Waals surface area contributed by atoms with Crippen molar-refractivity contribution in [2.24, 2.45) is 0 Å². The zero-order valence-corrected chi connectivity index (χ0v) is 14.3. The second kappa shape index (κ2) is 6.60. The summed E-state index contributed by atoms with van der Waals surface area (Å²) < 4.78 is 29.0. The first-order valence-corrected chi connectivity index (χ1v) is 7.98. The first-order valence-electron chi connectivity index (χ1n) is 7.98. The van der Waals surface area contributed by atoms with Crippen molar-refractivity contribution in [3.05, 3.63) is 65.2 Å². The summed E-state index contributed by atoms with van der Waals surface area (Å²) in [5.41, 5.74) is -0.644. The lowest BCUT2D eigenvalue weighted by atomic mass is 9.97. The van der Waals surface area contributed by atoms with Crippen LogP contribution in [-0.4, -0.2) is 17.5 Å². The fourth-order valence-corrected chi connectivity index (χ4v) is 2.70. The standard InChI is InChI=1S/C20H16F2N2O2/c1-20(2)12-17(25)24(19(26)23-20)18-15(21)10-14(11-16(18)22)9-8-13-6-4-3-5-7-13/h3-7,10-11H,12H2,1-2H3,(H,23,26). The molecule has 1 aliphatic rings. The summed E-state index contributed by atoms with van der Waals surface area (Å²) in [7, 11) is 0. The van der Waals surface area contributed by atoms with Gasteiger partial charge in [-0.05, 0) is 38.1 Å². The lowest BCUT2D eigenvalue weighted by Crippen LogP contribution is -2.60. The van der Waals surface area contributed by atoms with E-state index >= 15 is 0 Å². The number of nitrogens with zero attached hydrogens (tertiary/aromatic N) is 1. The van der Waals surface area contributed by atoms with Gasteiger partial charge in [-0.1, -0.05) is 30.0 Å². The first-order chi connectivity index (χ1) is 12.3. The minimum atomic E-state index is -1.02. The van der Waals surface area contributed by atoms with Crippen LogP contribution in [0.1, 0.15) is 31.4 Å². The second-order valence-electron chi connectivity index (χ2n) is 6.62. The van der Waals surface area contributed by atoms with Crippen LogP contribution in [0.5, 0.6) is 0 Å². The van der Waals surface area contributed by atoms with Gasteiger partial charge in [0.2, 0.25) is 5.91 Å². The van der Waals surface area contributed by atoms with Gasteiger partial charge < -0.3 is 5.32 Å². The molecule has 1 N–H and O–H groups in total. The summed E-state index contributed by atoms with van der Waals surface area (Å²) >= 11 is 0. The Morgan fingerprint density at radius 3 is 2.15 bits per heavy atom. The normalized spacial score (nSPS) is 15.9. The largest absolute Gasteiger partial charge is 0.332 e. The van der Waals surface area contributed by atoms with Crippen molar-refractivity contribution in [3.63, 3.8) is 0 Å². The number of benzene rings is 2. The molecule has 2 aromatic carbocycles. The summed E-state index contributed by atoms with van der Waals surface area (Å²) in [6.45, 7) is 3.32. The summed E-state index contributed by atoms with van der Waals surface area (Å²) in [6.07, 6.45) is -0.0623. The van der Waals surface area contributed by atoms with Crippen molar-refractivity contribution in [1.82, 2.24) is 5.32 Å². The van der Waals surface area contributed by atoms with Gasteiger partial charge >= 0.3 is 6.03 Å². The van der Waals surface area contributed by atoms with Crippen molar-refractivity contribution in [2.75, 3.05) is 4.90 Å². The fourth-order valence-electron chi connectivity index (χ4n) is 2.70. The van der Waals surface area contributed by atoms with Gasteiger partial charge in [0.05, 0.1) is 6.42 Å². The van der Waals surface area contributed by atoms with Crippen molar-refractivity contribution >= 4 is 17.6 Å². The molecular formula is C20H16F2N2O2. The van der Waals surface area contributed by atoms with Crippen LogP contribution in [0.2, 0.25) is 0 Å². The molecule has 0 unspecified atom stereocenters. The van der Waals surface area contributed by atoms with Gasteiger partial charge in [0.1, 0.15) is 5.69 Å². The summed E-state index contributed by atoms with van der Waals surface area (Å²) in [5.74, 6) is 2.76. The number of urea groups is 1. The molecule has 0 bridgehead atoms. The number of rotatable bonds is 1. The number of halogens is 2. The number of anilines is 1. The van der Waals surface area contributed by atoms with Crippen LogP contribution in [0.25, 0.3) is 0 Å². The minimum Gasteiger partial charge on any atom is -0.332 e. The van der Waals surface area contributed by atoms with Gasteiger partial charge in [-0.2, -0.15) is 0 Å². The Kier molecular flexibility index (Phi) is 4.47. The van der Waals surface area contributed by atoms with E-state index in [1.165, 1.54) is 0 Å². The van der Waals surface area contributed by atoms with Crippen LogP contribution < -0.4 is 10.2 Å². The van der Waals surface area contributed by atoms with E-state index in [4.69, 9.17) is 0 Å². The molecule has 26 heavy (non-hydrogen) atoms. The Morgan fingerprint density at radius 1 is 1.00 bits per heavy atom. The van der Waals surface area contributed by atoms with Gasteiger partial charge in [0.25, 0.3) is 0 Å². The highest BCUT2D eigenvalue weighted by Gasteiger charge is 2.39. The monoisotopic (exact) mass is 354 g/mol. The molecule has 132 valence electrons. The van der Waals surface area contributed by atoms with Gasteiger partial charge in [0.15, 0.2) is 11.6 Å². The molecule has 6 heteroatoms. The maximum absolute atomic E-state index is 14.5. The van der Waals surface area contributed by atoms with Gasteiger partial charge in [-0.3, -0.25) is 4.79 Å². The number of carbonyl (C=O) groups excluding carboxylic acids is 2. The van der Waals surface area contributed by atoms with E-state index < -0.39 is 34.8 Å². The summed E-state index contributed by atoms with van der Waals surface area (Å²) in [6, 6.07) is 10.1. The maximum atomic E-state index is 14.5. The van der Waals surface area contributed by atoms with Gasteiger partial charge in [-0.25, -0.2) is 18.5 Å². The fraction of sp³-hybridized carbons (Fsp3) is 0.200. The lowest BCUT2D eigenvalue weighted by Gasteiger charge is -2.36. The van der Waals surface area contributed by atoms with Crippen LogP contribution in [0.4, 0.5) is 19.3 Å². The molecule has 0 aliphatic carbocycles. The van der Waals surface area contributed by atoms with Crippen molar-refractivity contribution < 1.29 is 18.4 Å². The maximum Gasteiger partial charge on any atom is 0.329 e. The average molecular weight is 354 g/mol. The van der Waals surface area contributed by atoms with Crippen molar-refractivity contribution in [3.8, 4) is 11.8 Å². The Bertz CT molecular complexity index is 900. The molecule has 3 rings (SSSR count). The molecule has 1 heterocycles. The van der Waals surface area contributed by atoms with Crippen LogP contribution in [0.3, 0.4) is 0 Å². The topological polar surface area (TPSA) is 49.4 Å². The third-order valence-corrected chi connectivity index (χ3v) is 3.86. The van der Waals surface area contributed by atoms with Crippen LogP contribution in [-0.2, 0) is 4.79 Å². The second-order valence-corrected chi connectivity index (χ2v) is 6.62. The molecule has 0 atom stereocenters. The number of hydrogen-bond donors (Lipinski definition) is 1. The molecule has 0 radical (unpaired) electrons. The molecule has 1 fully saturated rings. The van der Waals surface area contributed by atoms with E-state index in [0.29, 0.717) is 10.5 Å². The highest BCUT2D eigenvalue weighted by atomic mass is 19.1. The van der Waals surface area contributed by atoms with E-state index in [1.807, 2.05) is 6.07 Å². The van der Waals surface area contributed by atoms with E-state index in [2.05, 4.69) is 17.2 Å². The molecule has 0 spiro atoms. The summed E-state index contributed by atoms with van der Waals surface area (Å²) in [5, 5.41) is 2.56. The van der Waals surface area contributed by atoms with E-state index in [0.717, 1.165) is 12.1 Å². The van der Waals surface area contributed by atoms with Gasteiger partial charge in [-0.15, -0.1) is 0 Å². The highest BCUT2D eigenvalue weighted by molar-refractivity contribution is 6.16. The van der Waals surface area contributed by atoms with E-state index in [9.17, 15) is 18.4 Å². The molecule has 1 aliphatic heterocycles. The highest BCUT2D eigenvalue weighted by Crippen LogP contribution is 2.29. The molecule has 0 aromatic heterocycles. The van der Waals surface area contributed by atoms with Crippen LogP contribution >= 0.6 is 0 Å². The Morgan fingerprint density at radius 2 is 1.58 bits per heavy atom. The van der Waals surface area contributed by atoms with Crippen LogP contribution in [0, 0.1) is 23.5 Å². The number of carbonyl (C=O) groups is 2. The van der Waals surface area contributed by atoms with E-state index in [1.54, 1.807) is 38.1 Å². The zero-order chi connectivity index (χ0) is 18.9. The smallest absolute Gasteiger partial charge is 0.329 e. The lowest BCUT2D eigenvalue weighted by molar-refractivity contribution is -0.119. The predicted octanol–water partition coefficient (Wildman–Crippen LogP) is 3.59. The molecule has 2 aromatic rings. The molecule has 4 nitrogen and oxygen atoms in total. The Balaban J connectivity index is 1.95. The quantitative estimate of drug-likeness (QED) is 0.796. The molecular weight excluding hydrogens is 338 g/mol. The predicted molar refractivity (Wildman–Crippen MR) is 93.5 cm³/mol. The first kappa shape index (κ1) is 17.6. The zero-order valence-electron chi connectivity index (χ0n) is 14.3. The summed E-state index contributed by atoms with van der Waals surface area (Å²) in [4.78, 5) is 24.9. The third kappa shape index (κ3) is 3.57. The Labute approximate surface area is 149 Å².